The van der Waals surface area contributed by atoms with E-state index in [1.54, 1.807) is 6.20 Å². The summed E-state index contributed by atoms with van der Waals surface area (Å²) in [6, 6.07) is 5.83. The van der Waals surface area contributed by atoms with Crippen LogP contribution in [0.1, 0.15) is 45.4 Å². The van der Waals surface area contributed by atoms with Gasteiger partial charge in [-0.1, -0.05) is 6.07 Å². The Morgan fingerprint density at radius 1 is 1.24 bits per heavy atom. The number of nitrogens with zero attached hydrogens (tertiary/aromatic N) is 1. The Morgan fingerprint density at radius 3 is 2.62 bits per heavy atom. The zero-order chi connectivity index (χ0) is 15.1. The molecule has 1 amide bonds. The van der Waals surface area contributed by atoms with Gasteiger partial charge in [-0.3, -0.25) is 4.79 Å². The summed E-state index contributed by atoms with van der Waals surface area (Å²) in [4.78, 5) is 26.7. The van der Waals surface area contributed by atoms with Crippen LogP contribution in [0.2, 0.25) is 0 Å². The Balaban J connectivity index is 1.68. The first-order valence-corrected chi connectivity index (χ1v) is 7.50. The number of ketones is 1. The average molecular weight is 290 g/mol. The monoisotopic (exact) mass is 290 g/mol. The molecule has 0 atom stereocenters. The van der Waals surface area contributed by atoms with E-state index in [2.05, 4.69) is 10.3 Å². The van der Waals surface area contributed by atoms with Crippen molar-refractivity contribution in [2.45, 2.75) is 57.6 Å². The maximum Gasteiger partial charge on any atom is 0.220 e. The van der Waals surface area contributed by atoms with Gasteiger partial charge in [0.1, 0.15) is 11.9 Å². The number of hydrogen-bond acceptors (Lipinski definition) is 4. The van der Waals surface area contributed by atoms with Gasteiger partial charge in [0, 0.05) is 31.1 Å². The van der Waals surface area contributed by atoms with E-state index in [0.29, 0.717) is 18.7 Å². The van der Waals surface area contributed by atoms with Crippen LogP contribution in [0.25, 0.3) is 0 Å². The van der Waals surface area contributed by atoms with Gasteiger partial charge in [-0.2, -0.15) is 0 Å². The van der Waals surface area contributed by atoms with Crippen LogP contribution in [-0.2, 0) is 9.59 Å². The summed E-state index contributed by atoms with van der Waals surface area (Å²) in [7, 11) is 0. The fraction of sp³-hybridized carbons (Fsp3) is 0.562. The van der Waals surface area contributed by atoms with Crippen molar-refractivity contribution in [3.8, 4) is 5.88 Å². The lowest BCUT2D eigenvalue weighted by atomic mass is 9.93. The number of aromatic nitrogens is 1. The third-order valence-corrected chi connectivity index (χ3v) is 3.67. The molecule has 0 bridgehead atoms. The Hall–Kier alpha value is -1.91. The second kappa shape index (κ2) is 7.76. The molecule has 21 heavy (non-hydrogen) atoms. The highest BCUT2D eigenvalue weighted by molar-refractivity contribution is 5.83. The summed E-state index contributed by atoms with van der Waals surface area (Å²) >= 11 is 0. The Morgan fingerprint density at radius 2 is 2.00 bits per heavy atom. The molecule has 1 aliphatic carbocycles. The van der Waals surface area contributed by atoms with E-state index in [0.717, 1.165) is 25.7 Å². The van der Waals surface area contributed by atoms with Crippen molar-refractivity contribution < 1.29 is 14.3 Å². The second-order valence-corrected chi connectivity index (χ2v) is 5.53. The molecule has 0 aromatic carbocycles. The van der Waals surface area contributed by atoms with Crippen molar-refractivity contribution in [3.63, 3.8) is 0 Å². The molecule has 0 aliphatic heterocycles. The maximum atomic E-state index is 11.7. The van der Waals surface area contributed by atoms with Crippen LogP contribution in [0, 0.1) is 0 Å². The molecule has 0 spiro atoms. The van der Waals surface area contributed by atoms with Gasteiger partial charge in [0.05, 0.1) is 0 Å². The Labute approximate surface area is 125 Å². The number of carbonyl (C=O) groups excluding carboxylic acids is 2. The minimum absolute atomic E-state index is 0.0284. The van der Waals surface area contributed by atoms with E-state index in [1.807, 2.05) is 18.2 Å². The molecule has 0 radical (unpaired) electrons. The van der Waals surface area contributed by atoms with Gasteiger partial charge in [0.2, 0.25) is 11.8 Å². The molecular formula is C16H22N2O3. The summed E-state index contributed by atoms with van der Waals surface area (Å²) in [5.74, 6) is 0.684. The molecule has 0 unspecified atom stereocenters. The number of ether oxygens (including phenoxy) is 1. The minimum Gasteiger partial charge on any atom is -0.474 e. The lowest BCUT2D eigenvalue weighted by Crippen LogP contribution is -2.39. The first kappa shape index (κ1) is 15.5. The predicted octanol–water partition coefficient (Wildman–Crippen LogP) is 2.26. The van der Waals surface area contributed by atoms with Crippen LogP contribution in [0.4, 0.5) is 0 Å². The Kier molecular flexibility index (Phi) is 5.72. The van der Waals surface area contributed by atoms with E-state index < -0.39 is 0 Å². The van der Waals surface area contributed by atoms with Gasteiger partial charge in [-0.15, -0.1) is 0 Å². The largest absolute Gasteiger partial charge is 0.474 e. The number of amides is 1. The highest BCUT2D eigenvalue weighted by Gasteiger charge is 2.23. The van der Waals surface area contributed by atoms with Crippen LogP contribution < -0.4 is 10.1 Å². The molecule has 1 N–H and O–H groups in total. The zero-order valence-corrected chi connectivity index (χ0v) is 12.4. The number of Topliss-reactive ketones (excluding diaryl/α,β-unsaturated/α-hetero) is 1. The molecule has 1 aromatic heterocycles. The highest BCUT2D eigenvalue weighted by Crippen LogP contribution is 2.22. The molecule has 114 valence electrons. The number of pyridine rings is 1. The number of nitrogens with one attached hydrogen (secondary N) is 1. The third kappa shape index (κ3) is 5.53. The van der Waals surface area contributed by atoms with Crippen LogP contribution in [0.15, 0.2) is 24.4 Å². The molecule has 5 nitrogen and oxygen atoms in total. The fourth-order valence-electron chi connectivity index (χ4n) is 2.50. The smallest absolute Gasteiger partial charge is 0.220 e. The zero-order valence-electron chi connectivity index (χ0n) is 12.4. The molecule has 1 aliphatic rings. The first-order chi connectivity index (χ1) is 10.1. The number of rotatable bonds is 6. The maximum absolute atomic E-state index is 11.7. The second-order valence-electron chi connectivity index (χ2n) is 5.53. The summed E-state index contributed by atoms with van der Waals surface area (Å²) in [5.41, 5.74) is 0. The van der Waals surface area contributed by atoms with Crippen molar-refractivity contribution in [1.29, 1.82) is 0 Å². The standard InChI is InChI=1S/C16H22N2O3/c1-12(19)5-10-15(20)18-13-6-8-14(9-7-13)21-16-4-2-3-11-17-16/h2-4,11,13-14H,5-10H2,1H3,(H,18,20). The van der Waals surface area contributed by atoms with Gasteiger partial charge in [0.25, 0.3) is 0 Å². The number of hydrogen-bond donors (Lipinski definition) is 1. The van der Waals surface area contributed by atoms with Gasteiger partial charge >= 0.3 is 0 Å². The van der Waals surface area contributed by atoms with E-state index in [9.17, 15) is 9.59 Å². The fourth-order valence-corrected chi connectivity index (χ4v) is 2.50. The summed E-state index contributed by atoms with van der Waals surface area (Å²) in [5, 5.41) is 3.00. The average Bonchev–Trinajstić information content (AvgIpc) is 2.48. The van der Waals surface area contributed by atoms with E-state index in [-0.39, 0.29) is 23.8 Å². The summed E-state index contributed by atoms with van der Waals surface area (Å²) in [6.45, 7) is 1.51. The van der Waals surface area contributed by atoms with E-state index >= 15 is 0 Å². The van der Waals surface area contributed by atoms with Gasteiger partial charge < -0.3 is 14.8 Å². The lowest BCUT2D eigenvalue weighted by Gasteiger charge is -2.29. The summed E-state index contributed by atoms with van der Waals surface area (Å²) < 4.78 is 5.82. The molecular weight excluding hydrogens is 268 g/mol. The van der Waals surface area contributed by atoms with Crippen LogP contribution in [0.5, 0.6) is 5.88 Å². The molecule has 5 heteroatoms. The highest BCUT2D eigenvalue weighted by atomic mass is 16.5. The van der Waals surface area contributed by atoms with Gasteiger partial charge in [-0.25, -0.2) is 4.98 Å². The SMILES string of the molecule is CC(=O)CCC(=O)NC1CCC(Oc2ccccn2)CC1. The topological polar surface area (TPSA) is 68.3 Å². The quantitative estimate of drug-likeness (QED) is 0.872. The van der Waals surface area contributed by atoms with E-state index in [4.69, 9.17) is 4.74 Å². The van der Waals surface area contributed by atoms with Gasteiger partial charge in [-0.05, 0) is 38.7 Å². The normalized spacial score (nSPS) is 21.6. The molecule has 1 heterocycles. The molecule has 2 rings (SSSR count). The third-order valence-electron chi connectivity index (χ3n) is 3.67. The molecule has 1 aromatic rings. The Bertz CT molecular complexity index is 468. The van der Waals surface area contributed by atoms with Crippen LogP contribution in [0.3, 0.4) is 0 Å². The molecule has 0 saturated heterocycles. The minimum atomic E-state index is -0.0284. The van der Waals surface area contributed by atoms with E-state index in [1.165, 1.54) is 6.92 Å². The lowest BCUT2D eigenvalue weighted by molar-refractivity contribution is -0.125. The first-order valence-electron chi connectivity index (χ1n) is 7.50. The van der Waals surface area contributed by atoms with Crippen molar-refractivity contribution in [2.24, 2.45) is 0 Å². The molecule has 1 fully saturated rings. The van der Waals surface area contributed by atoms with Crippen molar-refractivity contribution >= 4 is 11.7 Å². The van der Waals surface area contributed by atoms with Crippen LogP contribution in [-0.4, -0.2) is 28.8 Å². The number of carbonyl (C=O) groups is 2. The summed E-state index contributed by atoms with van der Waals surface area (Å²) in [6.07, 6.45) is 6.14. The van der Waals surface area contributed by atoms with Crippen molar-refractivity contribution in [1.82, 2.24) is 10.3 Å². The van der Waals surface area contributed by atoms with Gasteiger partial charge in [0.15, 0.2) is 0 Å². The van der Waals surface area contributed by atoms with Crippen LogP contribution >= 0.6 is 0 Å². The predicted molar refractivity (Wildman–Crippen MR) is 79.0 cm³/mol. The van der Waals surface area contributed by atoms with Crippen molar-refractivity contribution in [2.75, 3.05) is 0 Å². The van der Waals surface area contributed by atoms with Crippen molar-refractivity contribution in [3.05, 3.63) is 24.4 Å². The molecule has 1 saturated carbocycles.